The maximum absolute atomic E-state index is 11.9. The van der Waals surface area contributed by atoms with Crippen molar-refractivity contribution in [2.45, 2.75) is 51.3 Å². The predicted octanol–water partition coefficient (Wildman–Crippen LogP) is 2.98. The van der Waals surface area contributed by atoms with Gasteiger partial charge in [0.25, 0.3) is 0 Å². The average Bonchev–Trinajstić information content (AvgIpc) is 2.79. The first-order valence-corrected chi connectivity index (χ1v) is 8.30. The minimum Gasteiger partial charge on any atom is -0.444 e. The standard InChI is InChI=1S/C18H29N3O2/c1-18(2,3)23-17(22)21(4)11-7-10-20-16-12-15(19)13-8-5-6-9-14(13)16/h5-6,8-9,15-16,20H,7,10-12,19H2,1-4H3. The quantitative estimate of drug-likeness (QED) is 0.819. The zero-order chi connectivity index (χ0) is 17.0. The molecule has 1 aromatic carbocycles. The van der Waals surface area contributed by atoms with Gasteiger partial charge in [0.05, 0.1) is 0 Å². The summed E-state index contributed by atoms with van der Waals surface area (Å²) < 4.78 is 5.34. The third-order valence-electron chi connectivity index (χ3n) is 4.03. The number of carbonyl (C=O) groups excluding carboxylic acids is 1. The summed E-state index contributed by atoms with van der Waals surface area (Å²) in [7, 11) is 1.77. The van der Waals surface area contributed by atoms with Crippen LogP contribution in [0.2, 0.25) is 0 Å². The Morgan fingerprint density at radius 3 is 2.65 bits per heavy atom. The lowest BCUT2D eigenvalue weighted by Crippen LogP contribution is -2.35. The molecule has 0 saturated heterocycles. The van der Waals surface area contributed by atoms with Crippen molar-refractivity contribution in [3.05, 3.63) is 35.4 Å². The molecule has 3 N–H and O–H groups in total. The summed E-state index contributed by atoms with van der Waals surface area (Å²) >= 11 is 0. The van der Waals surface area contributed by atoms with Crippen molar-refractivity contribution in [2.75, 3.05) is 20.1 Å². The van der Waals surface area contributed by atoms with Gasteiger partial charge in [-0.3, -0.25) is 0 Å². The molecule has 23 heavy (non-hydrogen) atoms. The summed E-state index contributed by atoms with van der Waals surface area (Å²) in [4.78, 5) is 13.5. The summed E-state index contributed by atoms with van der Waals surface area (Å²) in [5.74, 6) is 0. The topological polar surface area (TPSA) is 67.6 Å². The SMILES string of the molecule is CN(CCCNC1CC(N)c2ccccc21)C(=O)OC(C)(C)C. The van der Waals surface area contributed by atoms with Crippen LogP contribution in [0.15, 0.2) is 24.3 Å². The molecular formula is C18H29N3O2. The highest BCUT2D eigenvalue weighted by atomic mass is 16.6. The van der Waals surface area contributed by atoms with E-state index in [0.29, 0.717) is 12.6 Å². The third-order valence-corrected chi connectivity index (χ3v) is 4.03. The number of amides is 1. The van der Waals surface area contributed by atoms with Crippen LogP contribution in [0, 0.1) is 0 Å². The molecule has 0 aliphatic heterocycles. The lowest BCUT2D eigenvalue weighted by Gasteiger charge is -2.24. The first-order chi connectivity index (χ1) is 10.8. The molecule has 1 amide bonds. The first-order valence-electron chi connectivity index (χ1n) is 8.30. The van der Waals surface area contributed by atoms with E-state index in [1.54, 1.807) is 11.9 Å². The number of nitrogens with zero attached hydrogens (tertiary/aromatic N) is 1. The minimum atomic E-state index is -0.451. The molecule has 0 saturated carbocycles. The third kappa shape index (κ3) is 4.94. The van der Waals surface area contributed by atoms with Crippen LogP contribution in [0.25, 0.3) is 0 Å². The fourth-order valence-electron chi connectivity index (χ4n) is 2.89. The molecule has 0 spiro atoms. The molecule has 0 bridgehead atoms. The van der Waals surface area contributed by atoms with Crippen LogP contribution in [0.3, 0.4) is 0 Å². The maximum Gasteiger partial charge on any atom is 0.410 e. The fraction of sp³-hybridized carbons (Fsp3) is 0.611. The van der Waals surface area contributed by atoms with Gasteiger partial charge in [0.2, 0.25) is 0 Å². The lowest BCUT2D eigenvalue weighted by molar-refractivity contribution is 0.0297. The largest absolute Gasteiger partial charge is 0.444 e. The van der Waals surface area contributed by atoms with Gasteiger partial charge in [-0.05, 0) is 51.3 Å². The van der Waals surface area contributed by atoms with Crippen LogP contribution < -0.4 is 11.1 Å². The van der Waals surface area contributed by atoms with E-state index in [2.05, 4.69) is 23.5 Å². The Hall–Kier alpha value is -1.59. The van der Waals surface area contributed by atoms with Crippen molar-refractivity contribution in [3.8, 4) is 0 Å². The summed E-state index contributed by atoms with van der Waals surface area (Å²) in [6, 6.07) is 8.78. The van der Waals surface area contributed by atoms with Crippen LogP contribution in [0.4, 0.5) is 4.79 Å². The Bertz CT molecular complexity index is 539. The van der Waals surface area contributed by atoms with E-state index in [1.807, 2.05) is 26.8 Å². The molecule has 0 radical (unpaired) electrons. The van der Waals surface area contributed by atoms with Crippen LogP contribution in [-0.4, -0.2) is 36.7 Å². The second-order valence-corrected chi connectivity index (χ2v) is 7.23. The summed E-state index contributed by atoms with van der Waals surface area (Å²) in [5.41, 5.74) is 8.28. The summed E-state index contributed by atoms with van der Waals surface area (Å²) in [6.07, 6.45) is 1.54. The zero-order valence-corrected chi connectivity index (χ0v) is 14.6. The van der Waals surface area contributed by atoms with Gasteiger partial charge in [-0.15, -0.1) is 0 Å². The fourth-order valence-corrected chi connectivity index (χ4v) is 2.89. The Balaban J connectivity index is 1.73. The van der Waals surface area contributed by atoms with E-state index >= 15 is 0 Å². The van der Waals surface area contributed by atoms with Gasteiger partial charge in [0, 0.05) is 25.7 Å². The number of rotatable bonds is 5. The van der Waals surface area contributed by atoms with E-state index in [4.69, 9.17) is 10.5 Å². The van der Waals surface area contributed by atoms with Crippen molar-refractivity contribution in [3.63, 3.8) is 0 Å². The van der Waals surface area contributed by atoms with Gasteiger partial charge in [-0.2, -0.15) is 0 Å². The Labute approximate surface area is 139 Å². The smallest absolute Gasteiger partial charge is 0.410 e. The summed E-state index contributed by atoms with van der Waals surface area (Å²) in [6.45, 7) is 7.14. The number of nitrogens with two attached hydrogens (primary N) is 1. The molecule has 2 rings (SSSR count). The molecule has 0 fully saturated rings. The first kappa shape index (κ1) is 17.8. The Morgan fingerprint density at radius 1 is 1.35 bits per heavy atom. The molecule has 1 aromatic rings. The normalized spacial score (nSPS) is 20.2. The van der Waals surface area contributed by atoms with E-state index in [1.165, 1.54) is 11.1 Å². The molecule has 128 valence electrons. The van der Waals surface area contributed by atoms with Crippen LogP contribution in [0.5, 0.6) is 0 Å². The monoisotopic (exact) mass is 319 g/mol. The van der Waals surface area contributed by atoms with Crippen molar-refractivity contribution in [1.29, 1.82) is 0 Å². The lowest BCUT2D eigenvalue weighted by atomic mass is 10.1. The zero-order valence-electron chi connectivity index (χ0n) is 14.6. The second-order valence-electron chi connectivity index (χ2n) is 7.23. The van der Waals surface area contributed by atoms with E-state index in [9.17, 15) is 4.79 Å². The van der Waals surface area contributed by atoms with Gasteiger partial charge >= 0.3 is 6.09 Å². The van der Waals surface area contributed by atoms with Crippen molar-refractivity contribution in [2.24, 2.45) is 5.73 Å². The van der Waals surface area contributed by atoms with Gasteiger partial charge in [-0.25, -0.2) is 4.79 Å². The van der Waals surface area contributed by atoms with Crippen molar-refractivity contribution < 1.29 is 9.53 Å². The molecule has 2 atom stereocenters. The number of hydrogen-bond acceptors (Lipinski definition) is 4. The van der Waals surface area contributed by atoms with Gasteiger partial charge in [0.1, 0.15) is 5.60 Å². The van der Waals surface area contributed by atoms with E-state index in [0.717, 1.165) is 19.4 Å². The second kappa shape index (κ2) is 7.32. The highest BCUT2D eigenvalue weighted by molar-refractivity contribution is 5.67. The van der Waals surface area contributed by atoms with Gasteiger partial charge in [0.15, 0.2) is 0 Å². The number of nitrogens with one attached hydrogen (secondary N) is 1. The molecule has 5 heteroatoms. The van der Waals surface area contributed by atoms with Crippen LogP contribution in [0.1, 0.15) is 56.8 Å². The maximum atomic E-state index is 11.9. The number of ether oxygens (including phenoxy) is 1. The number of hydrogen-bond donors (Lipinski definition) is 2. The molecule has 1 aliphatic rings. The minimum absolute atomic E-state index is 0.119. The molecule has 1 aliphatic carbocycles. The van der Waals surface area contributed by atoms with Crippen LogP contribution in [-0.2, 0) is 4.74 Å². The highest BCUT2D eigenvalue weighted by Crippen LogP contribution is 2.36. The molecular weight excluding hydrogens is 290 g/mol. The van der Waals surface area contributed by atoms with Gasteiger partial charge < -0.3 is 20.7 Å². The molecule has 2 unspecified atom stereocenters. The molecule has 0 heterocycles. The van der Waals surface area contributed by atoms with E-state index in [-0.39, 0.29) is 12.1 Å². The average molecular weight is 319 g/mol. The van der Waals surface area contributed by atoms with Crippen molar-refractivity contribution >= 4 is 6.09 Å². The van der Waals surface area contributed by atoms with Gasteiger partial charge in [-0.1, -0.05) is 24.3 Å². The Morgan fingerprint density at radius 2 is 2.00 bits per heavy atom. The highest BCUT2D eigenvalue weighted by Gasteiger charge is 2.27. The predicted molar refractivity (Wildman–Crippen MR) is 92.2 cm³/mol. The number of fused-ring (bicyclic) bond motifs is 1. The number of benzene rings is 1. The molecule has 0 aromatic heterocycles. The summed E-state index contributed by atoms with van der Waals surface area (Å²) in [5, 5.41) is 3.55. The van der Waals surface area contributed by atoms with E-state index < -0.39 is 5.60 Å². The van der Waals surface area contributed by atoms with Crippen molar-refractivity contribution in [1.82, 2.24) is 10.2 Å². The molecule has 5 nitrogen and oxygen atoms in total. The van der Waals surface area contributed by atoms with Crippen LogP contribution >= 0.6 is 0 Å². The number of carbonyl (C=O) groups is 1. The Kier molecular flexibility index (Phi) is 5.65.